The molecule has 1 aliphatic rings. The standard InChI is InChI=1S/C26H25N3O4S/c1-33-20-12-10-18(11-13-20)21-17-34-25-23(21)24(31)29(19-8-4-2-5-9-19)26(32)28(25)16-22(30)27-14-6-3-7-15-27/h2,4-5,8-13,17H,3,6-7,14-16H2,1H3. The van der Waals surface area contributed by atoms with E-state index in [1.54, 1.807) is 31.4 Å². The van der Waals surface area contributed by atoms with E-state index < -0.39 is 5.69 Å². The molecule has 2 aromatic heterocycles. The van der Waals surface area contributed by atoms with Gasteiger partial charge in [0.05, 0.1) is 18.2 Å². The minimum Gasteiger partial charge on any atom is -0.497 e. The van der Waals surface area contributed by atoms with Crippen LogP contribution in [0.4, 0.5) is 0 Å². The highest BCUT2D eigenvalue weighted by molar-refractivity contribution is 7.17. The van der Waals surface area contributed by atoms with Gasteiger partial charge in [0.2, 0.25) is 5.91 Å². The first-order valence-corrected chi connectivity index (χ1v) is 12.2. The van der Waals surface area contributed by atoms with Gasteiger partial charge in [0.15, 0.2) is 0 Å². The van der Waals surface area contributed by atoms with Crippen LogP contribution in [0.1, 0.15) is 19.3 Å². The molecule has 4 aromatic rings. The van der Waals surface area contributed by atoms with Crippen LogP contribution in [0.2, 0.25) is 0 Å². The van der Waals surface area contributed by atoms with E-state index in [0.29, 0.717) is 34.7 Å². The molecule has 34 heavy (non-hydrogen) atoms. The van der Waals surface area contributed by atoms with Crippen molar-refractivity contribution in [2.24, 2.45) is 0 Å². The van der Waals surface area contributed by atoms with E-state index in [4.69, 9.17) is 4.74 Å². The van der Waals surface area contributed by atoms with Crippen LogP contribution in [0, 0.1) is 0 Å². The van der Waals surface area contributed by atoms with Crippen LogP contribution in [0.5, 0.6) is 5.75 Å². The molecular formula is C26H25N3O4S. The number of ether oxygens (including phenoxy) is 1. The molecule has 0 aliphatic carbocycles. The lowest BCUT2D eigenvalue weighted by molar-refractivity contribution is -0.132. The summed E-state index contributed by atoms with van der Waals surface area (Å²) in [7, 11) is 1.60. The van der Waals surface area contributed by atoms with Crippen molar-refractivity contribution in [1.82, 2.24) is 14.0 Å². The summed E-state index contributed by atoms with van der Waals surface area (Å²) in [6, 6.07) is 16.3. The number of para-hydroxylation sites is 1. The quantitative estimate of drug-likeness (QED) is 0.439. The fraction of sp³-hybridized carbons (Fsp3) is 0.269. The van der Waals surface area contributed by atoms with E-state index in [-0.39, 0.29) is 18.0 Å². The molecule has 0 unspecified atom stereocenters. The first-order chi connectivity index (χ1) is 16.6. The van der Waals surface area contributed by atoms with Gasteiger partial charge in [-0.15, -0.1) is 11.3 Å². The number of amides is 1. The number of hydrogen-bond acceptors (Lipinski definition) is 5. The number of methoxy groups -OCH3 is 1. The summed E-state index contributed by atoms with van der Waals surface area (Å²) in [4.78, 5) is 42.7. The lowest BCUT2D eigenvalue weighted by Crippen LogP contribution is -2.43. The molecule has 5 rings (SSSR count). The number of likely N-dealkylation sites (tertiary alicyclic amines) is 1. The summed E-state index contributed by atoms with van der Waals surface area (Å²) in [6.45, 7) is 1.32. The molecule has 7 nitrogen and oxygen atoms in total. The molecule has 0 N–H and O–H groups in total. The first-order valence-electron chi connectivity index (χ1n) is 11.3. The molecule has 3 heterocycles. The second-order valence-corrected chi connectivity index (χ2v) is 9.20. The summed E-state index contributed by atoms with van der Waals surface area (Å²) in [6.07, 6.45) is 3.06. The summed E-state index contributed by atoms with van der Waals surface area (Å²) < 4.78 is 7.89. The van der Waals surface area contributed by atoms with Crippen molar-refractivity contribution in [2.75, 3.05) is 20.2 Å². The number of nitrogens with zero attached hydrogens (tertiary/aromatic N) is 3. The Morgan fingerprint density at radius 3 is 2.35 bits per heavy atom. The van der Waals surface area contributed by atoms with Crippen molar-refractivity contribution >= 4 is 27.5 Å². The monoisotopic (exact) mass is 475 g/mol. The molecule has 2 aromatic carbocycles. The van der Waals surface area contributed by atoms with Crippen LogP contribution < -0.4 is 16.0 Å². The largest absolute Gasteiger partial charge is 0.497 e. The Bertz CT molecular complexity index is 1450. The Labute approximate surface area is 200 Å². The topological polar surface area (TPSA) is 73.5 Å². The number of carbonyl (C=O) groups is 1. The number of rotatable bonds is 5. The van der Waals surface area contributed by atoms with Crippen LogP contribution in [-0.2, 0) is 11.3 Å². The minimum absolute atomic E-state index is 0.0922. The van der Waals surface area contributed by atoms with Gasteiger partial charge in [-0.05, 0) is 49.1 Å². The predicted molar refractivity (Wildman–Crippen MR) is 134 cm³/mol. The van der Waals surface area contributed by atoms with E-state index in [0.717, 1.165) is 30.4 Å². The molecule has 8 heteroatoms. The molecule has 0 radical (unpaired) electrons. The molecule has 174 valence electrons. The van der Waals surface area contributed by atoms with Gasteiger partial charge in [-0.1, -0.05) is 30.3 Å². The highest BCUT2D eigenvalue weighted by atomic mass is 32.1. The first kappa shape index (κ1) is 22.2. The lowest BCUT2D eigenvalue weighted by atomic mass is 10.1. The zero-order chi connectivity index (χ0) is 23.7. The second-order valence-electron chi connectivity index (χ2n) is 8.34. The smallest absolute Gasteiger partial charge is 0.337 e. The maximum Gasteiger partial charge on any atom is 0.337 e. The summed E-state index contributed by atoms with van der Waals surface area (Å²) in [5.41, 5.74) is 1.16. The number of thiophene rings is 1. The van der Waals surface area contributed by atoms with Crippen LogP contribution in [0.15, 0.2) is 69.6 Å². The number of aromatic nitrogens is 2. The molecule has 1 aliphatic heterocycles. The van der Waals surface area contributed by atoms with E-state index in [9.17, 15) is 14.4 Å². The minimum atomic E-state index is -0.503. The van der Waals surface area contributed by atoms with Gasteiger partial charge in [-0.25, -0.2) is 9.36 Å². The van der Waals surface area contributed by atoms with Crippen LogP contribution in [-0.4, -0.2) is 40.1 Å². The van der Waals surface area contributed by atoms with Crippen LogP contribution in [0.3, 0.4) is 0 Å². The van der Waals surface area contributed by atoms with Crippen LogP contribution in [0.25, 0.3) is 27.0 Å². The van der Waals surface area contributed by atoms with Crippen molar-refractivity contribution in [2.45, 2.75) is 25.8 Å². The Morgan fingerprint density at radius 1 is 0.971 bits per heavy atom. The Hall–Kier alpha value is -3.65. The fourth-order valence-corrected chi connectivity index (χ4v) is 5.53. The van der Waals surface area contributed by atoms with Crippen molar-refractivity contribution in [1.29, 1.82) is 0 Å². The Kier molecular flexibility index (Phi) is 6.06. The molecule has 1 amide bonds. The average molecular weight is 476 g/mol. The number of carbonyl (C=O) groups excluding carboxylic acids is 1. The van der Waals surface area contributed by atoms with Crippen molar-refractivity contribution in [3.63, 3.8) is 0 Å². The van der Waals surface area contributed by atoms with Gasteiger partial charge in [-0.2, -0.15) is 0 Å². The number of piperidine rings is 1. The average Bonchev–Trinajstić information content (AvgIpc) is 3.33. The SMILES string of the molecule is COc1ccc(-c2csc3c2c(=O)n(-c2ccccc2)c(=O)n3CC(=O)N2CCCCC2)cc1. The predicted octanol–water partition coefficient (Wildman–Crippen LogP) is 3.90. The van der Waals surface area contributed by atoms with E-state index in [2.05, 4.69) is 0 Å². The molecule has 0 bridgehead atoms. The zero-order valence-electron chi connectivity index (χ0n) is 18.9. The third kappa shape index (κ3) is 3.94. The molecule has 1 saturated heterocycles. The maximum atomic E-state index is 13.7. The molecule has 0 saturated carbocycles. The second kappa shape index (κ2) is 9.30. The highest BCUT2D eigenvalue weighted by Crippen LogP contribution is 2.32. The maximum absolute atomic E-state index is 13.7. The summed E-state index contributed by atoms with van der Waals surface area (Å²) >= 11 is 1.31. The van der Waals surface area contributed by atoms with Gasteiger partial charge in [0.25, 0.3) is 5.56 Å². The normalized spacial score (nSPS) is 13.9. The summed E-state index contributed by atoms with van der Waals surface area (Å²) in [5, 5.41) is 2.31. The number of fused-ring (bicyclic) bond motifs is 1. The van der Waals surface area contributed by atoms with E-state index in [1.807, 2.05) is 40.6 Å². The van der Waals surface area contributed by atoms with E-state index in [1.165, 1.54) is 20.5 Å². The van der Waals surface area contributed by atoms with Gasteiger partial charge in [0.1, 0.15) is 17.1 Å². The molecule has 0 spiro atoms. The fourth-order valence-electron chi connectivity index (χ4n) is 4.47. The third-order valence-electron chi connectivity index (χ3n) is 6.27. The lowest BCUT2D eigenvalue weighted by Gasteiger charge is -2.27. The van der Waals surface area contributed by atoms with Crippen molar-refractivity contribution in [3.8, 4) is 22.6 Å². The van der Waals surface area contributed by atoms with Crippen molar-refractivity contribution in [3.05, 3.63) is 80.8 Å². The van der Waals surface area contributed by atoms with Gasteiger partial charge in [0, 0.05) is 24.0 Å². The van der Waals surface area contributed by atoms with Gasteiger partial charge >= 0.3 is 5.69 Å². The van der Waals surface area contributed by atoms with Gasteiger partial charge in [-0.3, -0.25) is 14.2 Å². The molecular weight excluding hydrogens is 450 g/mol. The van der Waals surface area contributed by atoms with Gasteiger partial charge < -0.3 is 9.64 Å². The highest BCUT2D eigenvalue weighted by Gasteiger charge is 2.23. The van der Waals surface area contributed by atoms with E-state index >= 15 is 0 Å². The third-order valence-corrected chi connectivity index (χ3v) is 7.27. The summed E-state index contributed by atoms with van der Waals surface area (Å²) in [5.74, 6) is 0.620. The number of hydrogen-bond donors (Lipinski definition) is 0. The van der Waals surface area contributed by atoms with Crippen molar-refractivity contribution < 1.29 is 9.53 Å². The Balaban J connectivity index is 1.71. The van der Waals surface area contributed by atoms with Crippen LogP contribution >= 0.6 is 11.3 Å². The molecule has 0 atom stereocenters. The zero-order valence-corrected chi connectivity index (χ0v) is 19.7. The molecule has 1 fully saturated rings. The number of benzene rings is 2. The Morgan fingerprint density at radius 2 is 1.68 bits per heavy atom.